The molecule has 1 aliphatic carbocycles. The van der Waals surface area contributed by atoms with Gasteiger partial charge in [0.1, 0.15) is 5.54 Å². The number of carbonyl (C=O) groups excluding carboxylic acids is 2. The lowest BCUT2D eigenvalue weighted by Crippen LogP contribution is -2.60. The van der Waals surface area contributed by atoms with Crippen LogP contribution in [0.5, 0.6) is 0 Å². The fourth-order valence-corrected chi connectivity index (χ4v) is 9.26. The highest BCUT2D eigenvalue weighted by Crippen LogP contribution is 2.67. The SMILES string of the molecule is Cc1cc(C)c(NC(=O)C2(N(Cc3ccc(C(F)(F)F)cc3)C(=O)C[C@H]3[C@@H](c4c(C)[nH]c5ccccc45)C3(C)C)CCSCC2)c(C)c1. The molecule has 2 fully saturated rings. The van der Waals surface area contributed by atoms with Crippen LogP contribution in [0.2, 0.25) is 0 Å². The third kappa shape index (κ3) is 6.26. The largest absolute Gasteiger partial charge is 0.416 e. The van der Waals surface area contributed by atoms with Crippen molar-refractivity contribution >= 4 is 40.2 Å². The standard InChI is InChI=1S/C39H44F3N3O2S/c1-23-19-24(2)35(25(3)20-23)44-36(47)38(15-17-48-18-16-38)45(22-27-11-13-28(14-12-27)39(40,41)42)32(46)21-30-34(37(30,5)6)33-26(4)43-31-10-8-7-9-29(31)33/h7-14,19-20,30,34,43H,15-18,21-22H2,1-6H3,(H,44,47)/t30-,34-/m0/s1. The first kappa shape index (κ1) is 34.2. The molecule has 2 N–H and O–H groups in total. The molecular formula is C39H44F3N3O2S. The minimum absolute atomic E-state index is 0.0395. The Kier molecular flexibility index (Phi) is 8.98. The van der Waals surface area contributed by atoms with E-state index in [4.69, 9.17) is 0 Å². The summed E-state index contributed by atoms with van der Waals surface area (Å²) in [4.78, 5) is 34.6. The second kappa shape index (κ2) is 12.6. The zero-order valence-corrected chi connectivity index (χ0v) is 29.3. The number of aromatic nitrogens is 1. The summed E-state index contributed by atoms with van der Waals surface area (Å²) in [5.41, 5.74) is 5.62. The van der Waals surface area contributed by atoms with Crippen LogP contribution in [-0.4, -0.2) is 38.7 Å². The zero-order chi connectivity index (χ0) is 34.6. The average molecular weight is 676 g/mol. The fraction of sp³-hybridized carbons (Fsp3) is 0.436. The molecule has 0 bridgehead atoms. The third-order valence-electron chi connectivity index (χ3n) is 10.8. The molecule has 1 aliphatic heterocycles. The molecule has 254 valence electrons. The van der Waals surface area contributed by atoms with Gasteiger partial charge in [-0.3, -0.25) is 9.59 Å². The van der Waals surface area contributed by atoms with Crippen molar-refractivity contribution in [1.82, 2.24) is 9.88 Å². The topological polar surface area (TPSA) is 65.2 Å². The van der Waals surface area contributed by atoms with E-state index in [1.165, 1.54) is 17.7 Å². The Morgan fingerprint density at radius 1 is 0.958 bits per heavy atom. The molecule has 2 aliphatic rings. The molecule has 1 aromatic heterocycles. The first-order valence-electron chi connectivity index (χ1n) is 16.6. The highest BCUT2D eigenvalue weighted by molar-refractivity contribution is 7.99. The van der Waals surface area contributed by atoms with Crippen LogP contribution in [0.15, 0.2) is 60.7 Å². The maximum atomic E-state index is 14.8. The lowest BCUT2D eigenvalue weighted by atomic mass is 9.86. The summed E-state index contributed by atoms with van der Waals surface area (Å²) in [6.07, 6.45) is -3.31. The predicted octanol–water partition coefficient (Wildman–Crippen LogP) is 9.48. The minimum atomic E-state index is -4.47. The van der Waals surface area contributed by atoms with Gasteiger partial charge < -0.3 is 15.2 Å². The van der Waals surface area contributed by atoms with E-state index in [2.05, 4.69) is 43.2 Å². The number of hydrogen-bond acceptors (Lipinski definition) is 3. The van der Waals surface area contributed by atoms with E-state index in [0.717, 1.165) is 51.1 Å². The van der Waals surface area contributed by atoms with Crippen molar-refractivity contribution in [3.05, 3.63) is 99.7 Å². The number of hydrogen-bond donors (Lipinski definition) is 2. The first-order valence-corrected chi connectivity index (χ1v) is 17.8. The van der Waals surface area contributed by atoms with Crippen molar-refractivity contribution in [2.45, 2.75) is 85.0 Å². The van der Waals surface area contributed by atoms with Crippen LogP contribution in [-0.2, 0) is 22.3 Å². The van der Waals surface area contributed by atoms with Crippen molar-refractivity contribution in [3.63, 3.8) is 0 Å². The maximum Gasteiger partial charge on any atom is 0.416 e. The molecule has 0 spiro atoms. The number of halogens is 3. The van der Waals surface area contributed by atoms with Gasteiger partial charge >= 0.3 is 6.18 Å². The molecule has 1 saturated heterocycles. The molecule has 1 saturated carbocycles. The number of nitrogens with zero attached hydrogens (tertiary/aromatic N) is 1. The van der Waals surface area contributed by atoms with Gasteiger partial charge in [-0.2, -0.15) is 24.9 Å². The number of amides is 2. The monoisotopic (exact) mass is 675 g/mol. The number of para-hydroxylation sites is 1. The Morgan fingerprint density at radius 3 is 2.21 bits per heavy atom. The minimum Gasteiger partial charge on any atom is -0.358 e. The molecule has 2 amide bonds. The summed E-state index contributed by atoms with van der Waals surface area (Å²) in [6.45, 7) is 12.5. The van der Waals surface area contributed by atoms with Gasteiger partial charge in [0.15, 0.2) is 0 Å². The third-order valence-corrected chi connectivity index (χ3v) is 11.8. The number of rotatable bonds is 8. The van der Waals surface area contributed by atoms with Crippen molar-refractivity contribution in [2.24, 2.45) is 11.3 Å². The van der Waals surface area contributed by atoms with Gasteiger partial charge in [-0.1, -0.05) is 61.9 Å². The first-order chi connectivity index (χ1) is 22.6. The van der Waals surface area contributed by atoms with E-state index in [1.54, 1.807) is 16.7 Å². The normalized spacial score (nSPS) is 20.0. The summed E-state index contributed by atoms with van der Waals surface area (Å²) < 4.78 is 40.3. The molecule has 6 rings (SSSR count). The second-order valence-corrected chi connectivity index (χ2v) is 15.6. The van der Waals surface area contributed by atoms with Crippen molar-refractivity contribution < 1.29 is 22.8 Å². The Hall–Kier alpha value is -3.72. The van der Waals surface area contributed by atoms with Gasteiger partial charge in [-0.05, 0) is 110 Å². The van der Waals surface area contributed by atoms with Crippen molar-refractivity contribution in [3.8, 4) is 0 Å². The number of nitrogens with one attached hydrogen (secondary N) is 2. The smallest absolute Gasteiger partial charge is 0.358 e. The molecule has 5 nitrogen and oxygen atoms in total. The van der Waals surface area contributed by atoms with E-state index in [-0.39, 0.29) is 42.0 Å². The zero-order valence-electron chi connectivity index (χ0n) is 28.5. The quantitative estimate of drug-likeness (QED) is 0.196. The molecule has 0 radical (unpaired) electrons. The number of benzene rings is 3. The summed E-state index contributed by atoms with van der Waals surface area (Å²) in [5.74, 6) is 1.20. The van der Waals surface area contributed by atoms with Gasteiger partial charge in [0.2, 0.25) is 11.8 Å². The number of alkyl halides is 3. The van der Waals surface area contributed by atoms with Gasteiger partial charge in [0.05, 0.1) is 5.56 Å². The van der Waals surface area contributed by atoms with Gasteiger partial charge in [0, 0.05) is 35.2 Å². The summed E-state index contributed by atoms with van der Waals surface area (Å²) in [5, 5.41) is 4.38. The van der Waals surface area contributed by atoms with Crippen LogP contribution in [0, 0.1) is 39.0 Å². The Bertz CT molecular complexity index is 1830. The molecular weight excluding hydrogens is 632 g/mol. The Balaban J connectivity index is 1.37. The molecule has 9 heteroatoms. The highest BCUT2D eigenvalue weighted by Gasteiger charge is 2.60. The average Bonchev–Trinajstić information content (AvgIpc) is 3.37. The van der Waals surface area contributed by atoms with Crippen LogP contribution in [0.3, 0.4) is 0 Å². The van der Waals surface area contributed by atoms with E-state index >= 15 is 0 Å². The molecule has 0 unspecified atom stereocenters. The number of H-pyrrole nitrogens is 1. The molecule has 2 atom stereocenters. The van der Waals surface area contributed by atoms with Gasteiger partial charge in [-0.15, -0.1) is 0 Å². The van der Waals surface area contributed by atoms with E-state index in [9.17, 15) is 22.8 Å². The van der Waals surface area contributed by atoms with Gasteiger partial charge in [0.25, 0.3) is 0 Å². The fourth-order valence-electron chi connectivity index (χ4n) is 8.09. The number of aryl methyl sites for hydroxylation is 4. The summed E-state index contributed by atoms with van der Waals surface area (Å²) in [6, 6.07) is 17.2. The molecule has 2 heterocycles. The number of carbonyl (C=O) groups is 2. The van der Waals surface area contributed by atoms with Crippen LogP contribution in [0.25, 0.3) is 10.9 Å². The van der Waals surface area contributed by atoms with E-state index in [1.807, 2.05) is 45.0 Å². The Labute approximate surface area is 285 Å². The molecule has 3 aromatic carbocycles. The van der Waals surface area contributed by atoms with Crippen LogP contribution in [0.1, 0.15) is 78.1 Å². The van der Waals surface area contributed by atoms with Crippen LogP contribution < -0.4 is 5.32 Å². The lowest BCUT2D eigenvalue weighted by molar-refractivity contribution is -0.147. The van der Waals surface area contributed by atoms with E-state index in [0.29, 0.717) is 29.9 Å². The van der Waals surface area contributed by atoms with Gasteiger partial charge in [-0.25, -0.2) is 0 Å². The number of thioether (sulfide) groups is 1. The number of aromatic amines is 1. The summed E-state index contributed by atoms with van der Waals surface area (Å²) >= 11 is 1.75. The van der Waals surface area contributed by atoms with Crippen LogP contribution in [0.4, 0.5) is 18.9 Å². The second-order valence-electron chi connectivity index (χ2n) is 14.4. The molecule has 4 aromatic rings. The number of fused-ring (bicyclic) bond motifs is 1. The van der Waals surface area contributed by atoms with Crippen LogP contribution >= 0.6 is 11.8 Å². The predicted molar refractivity (Wildman–Crippen MR) is 188 cm³/mol. The number of anilines is 1. The molecule has 48 heavy (non-hydrogen) atoms. The van der Waals surface area contributed by atoms with Crippen molar-refractivity contribution in [2.75, 3.05) is 16.8 Å². The highest BCUT2D eigenvalue weighted by atomic mass is 32.2. The maximum absolute atomic E-state index is 14.8. The summed E-state index contributed by atoms with van der Waals surface area (Å²) in [7, 11) is 0. The van der Waals surface area contributed by atoms with E-state index < -0.39 is 17.3 Å². The Morgan fingerprint density at radius 2 is 1.58 bits per heavy atom. The van der Waals surface area contributed by atoms with Crippen molar-refractivity contribution in [1.29, 1.82) is 0 Å². The lowest BCUT2D eigenvalue weighted by Gasteiger charge is -2.45.